The standard InChI is InChI=1S/C7H7NS/c1-2-6-4-9-5-7(6)8-3-1/h1-3H,4-5H2. The molecule has 0 atom stereocenters. The summed E-state index contributed by atoms with van der Waals surface area (Å²) < 4.78 is 0. The molecule has 0 saturated heterocycles. The lowest BCUT2D eigenvalue weighted by Crippen LogP contribution is -1.83. The summed E-state index contributed by atoms with van der Waals surface area (Å²) in [5.74, 6) is 2.26. The Hall–Kier alpha value is -0.500. The van der Waals surface area contributed by atoms with E-state index in [1.54, 1.807) is 0 Å². The van der Waals surface area contributed by atoms with Gasteiger partial charge in [0.25, 0.3) is 0 Å². The lowest BCUT2D eigenvalue weighted by atomic mass is 10.2. The Morgan fingerprint density at radius 1 is 1.44 bits per heavy atom. The average Bonchev–Trinajstić information content (AvgIpc) is 2.33. The molecule has 2 rings (SSSR count). The minimum absolute atomic E-state index is 1.11. The van der Waals surface area contributed by atoms with Crippen molar-refractivity contribution < 1.29 is 0 Å². The Morgan fingerprint density at radius 2 is 2.44 bits per heavy atom. The van der Waals surface area contributed by atoms with Crippen LogP contribution in [0, 0.1) is 0 Å². The first kappa shape index (κ1) is 5.30. The maximum atomic E-state index is 4.24. The van der Waals surface area contributed by atoms with E-state index < -0.39 is 0 Å². The smallest absolute Gasteiger partial charge is 0.0543 e. The predicted molar refractivity (Wildman–Crippen MR) is 39.2 cm³/mol. The molecule has 1 aromatic heterocycles. The van der Waals surface area contributed by atoms with Crippen LogP contribution in [0.4, 0.5) is 0 Å². The first-order valence-electron chi connectivity index (χ1n) is 2.97. The third-order valence-electron chi connectivity index (χ3n) is 1.48. The van der Waals surface area contributed by atoms with Crippen LogP contribution in [-0.4, -0.2) is 4.98 Å². The summed E-state index contributed by atoms with van der Waals surface area (Å²) in [5.41, 5.74) is 2.70. The van der Waals surface area contributed by atoms with Crippen LogP contribution in [0.25, 0.3) is 0 Å². The van der Waals surface area contributed by atoms with Crippen LogP contribution < -0.4 is 0 Å². The maximum Gasteiger partial charge on any atom is 0.0543 e. The summed E-state index contributed by atoms with van der Waals surface area (Å²) in [4.78, 5) is 4.24. The summed E-state index contributed by atoms with van der Waals surface area (Å²) in [5, 5.41) is 0. The van der Waals surface area contributed by atoms with E-state index in [1.807, 2.05) is 24.0 Å². The molecule has 46 valence electrons. The van der Waals surface area contributed by atoms with E-state index in [1.165, 1.54) is 11.3 Å². The van der Waals surface area contributed by atoms with Gasteiger partial charge in [-0.3, -0.25) is 4.98 Å². The van der Waals surface area contributed by atoms with Gasteiger partial charge in [-0.2, -0.15) is 11.8 Å². The second kappa shape index (κ2) is 2.03. The van der Waals surface area contributed by atoms with Gasteiger partial charge in [0.1, 0.15) is 0 Å². The molecule has 1 aliphatic rings. The van der Waals surface area contributed by atoms with E-state index in [-0.39, 0.29) is 0 Å². The molecular formula is C7H7NS. The second-order valence-electron chi connectivity index (χ2n) is 2.10. The molecule has 1 aromatic rings. The lowest BCUT2D eigenvalue weighted by molar-refractivity contribution is 1.15. The highest BCUT2D eigenvalue weighted by Crippen LogP contribution is 2.26. The normalized spacial score (nSPS) is 15.6. The van der Waals surface area contributed by atoms with Crippen LogP contribution in [0.2, 0.25) is 0 Å². The molecule has 0 unspecified atom stereocenters. The quantitative estimate of drug-likeness (QED) is 0.541. The van der Waals surface area contributed by atoms with Gasteiger partial charge in [0.05, 0.1) is 5.69 Å². The van der Waals surface area contributed by atoms with Gasteiger partial charge in [0.2, 0.25) is 0 Å². The molecular weight excluding hydrogens is 130 g/mol. The van der Waals surface area contributed by atoms with E-state index in [9.17, 15) is 0 Å². The zero-order valence-electron chi connectivity index (χ0n) is 5.00. The maximum absolute atomic E-state index is 4.24. The summed E-state index contributed by atoms with van der Waals surface area (Å²) >= 11 is 1.94. The summed E-state index contributed by atoms with van der Waals surface area (Å²) in [6.07, 6.45) is 1.87. The van der Waals surface area contributed by atoms with Crippen molar-refractivity contribution in [2.75, 3.05) is 0 Å². The molecule has 2 heteroatoms. The van der Waals surface area contributed by atoms with Crippen LogP contribution in [0.5, 0.6) is 0 Å². The van der Waals surface area contributed by atoms with Crippen molar-refractivity contribution in [2.45, 2.75) is 11.5 Å². The van der Waals surface area contributed by atoms with Crippen LogP contribution in [0.3, 0.4) is 0 Å². The lowest BCUT2D eigenvalue weighted by Gasteiger charge is -1.90. The van der Waals surface area contributed by atoms with E-state index in [4.69, 9.17) is 0 Å². The minimum Gasteiger partial charge on any atom is -0.260 e. The topological polar surface area (TPSA) is 12.9 Å². The van der Waals surface area contributed by atoms with E-state index >= 15 is 0 Å². The molecule has 1 aliphatic heterocycles. The van der Waals surface area contributed by atoms with E-state index in [0.717, 1.165) is 11.5 Å². The van der Waals surface area contributed by atoms with Crippen molar-refractivity contribution in [2.24, 2.45) is 0 Å². The largest absolute Gasteiger partial charge is 0.260 e. The Kier molecular flexibility index (Phi) is 1.19. The summed E-state index contributed by atoms with van der Waals surface area (Å²) in [6.45, 7) is 0. The van der Waals surface area contributed by atoms with E-state index in [2.05, 4.69) is 11.1 Å². The molecule has 0 radical (unpaired) electrons. The number of pyridine rings is 1. The summed E-state index contributed by atoms with van der Waals surface area (Å²) in [7, 11) is 0. The highest BCUT2D eigenvalue weighted by Gasteiger charge is 2.09. The van der Waals surface area contributed by atoms with Gasteiger partial charge in [-0.05, 0) is 11.6 Å². The molecule has 0 amide bonds. The number of thioether (sulfide) groups is 1. The highest BCUT2D eigenvalue weighted by molar-refractivity contribution is 7.98. The van der Waals surface area contributed by atoms with Crippen molar-refractivity contribution in [1.29, 1.82) is 0 Å². The molecule has 0 aromatic carbocycles. The number of hydrogen-bond donors (Lipinski definition) is 0. The minimum atomic E-state index is 1.11. The molecule has 0 bridgehead atoms. The van der Waals surface area contributed by atoms with Crippen LogP contribution in [-0.2, 0) is 11.5 Å². The molecule has 2 heterocycles. The molecule has 0 aliphatic carbocycles. The van der Waals surface area contributed by atoms with Gasteiger partial charge >= 0.3 is 0 Å². The number of hydrogen-bond acceptors (Lipinski definition) is 2. The van der Waals surface area contributed by atoms with Crippen LogP contribution in [0.1, 0.15) is 11.3 Å². The fraction of sp³-hybridized carbons (Fsp3) is 0.286. The Bertz CT molecular complexity index is 199. The number of rotatable bonds is 0. The van der Waals surface area contributed by atoms with Crippen LogP contribution >= 0.6 is 11.8 Å². The van der Waals surface area contributed by atoms with Crippen molar-refractivity contribution >= 4 is 11.8 Å². The summed E-state index contributed by atoms with van der Waals surface area (Å²) in [6, 6.07) is 4.16. The fourth-order valence-electron chi connectivity index (χ4n) is 0.990. The Morgan fingerprint density at radius 3 is 3.33 bits per heavy atom. The highest BCUT2D eigenvalue weighted by atomic mass is 32.2. The molecule has 0 fully saturated rings. The molecule has 1 nitrogen and oxygen atoms in total. The Labute approximate surface area is 58.5 Å². The van der Waals surface area contributed by atoms with Gasteiger partial charge in [0.15, 0.2) is 0 Å². The number of fused-ring (bicyclic) bond motifs is 1. The van der Waals surface area contributed by atoms with E-state index in [0.29, 0.717) is 0 Å². The zero-order chi connectivity index (χ0) is 6.10. The first-order chi connectivity index (χ1) is 4.47. The predicted octanol–water partition coefficient (Wildman–Crippen LogP) is 1.83. The Balaban J connectivity index is 2.54. The van der Waals surface area contributed by atoms with Crippen molar-refractivity contribution in [3.63, 3.8) is 0 Å². The van der Waals surface area contributed by atoms with Crippen molar-refractivity contribution in [3.8, 4) is 0 Å². The fourth-order valence-corrected chi connectivity index (χ4v) is 2.03. The second-order valence-corrected chi connectivity index (χ2v) is 3.09. The van der Waals surface area contributed by atoms with Gasteiger partial charge in [0, 0.05) is 17.7 Å². The molecule has 9 heavy (non-hydrogen) atoms. The molecule has 0 saturated carbocycles. The monoisotopic (exact) mass is 137 g/mol. The van der Waals surface area contributed by atoms with Gasteiger partial charge in [-0.25, -0.2) is 0 Å². The average molecular weight is 137 g/mol. The molecule has 0 N–H and O–H groups in total. The van der Waals surface area contributed by atoms with Crippen LogP contribution in [0.15, 0.2) is 18.3 Å². The van der Waals surface area contributed by atoms with Crippen molar-refractivity contribution in [3.05, 3.63) is 29.6 Å². The van der Waals surface area contributed by atoms with Gasteiger partial charge in [-0.1, -0.05) is 6.07 Å². The number of aromatic nitrogens is 1. The van der Waals surface area contributed by atoms with Gasteiger partial charge < -0.3 is 0 Å². The molecule has 0 spiro atoms. The number of nitrogens with zero attached hydrogens (tertiary/aromatic N) is 1. The zero-order valence-corrected chi connectivity index (χ0v) is 5.82. The first-order valence-corrected chi connectivity index (χ1v) is 4.13. The SMILES string of the molecule is c1cnc2c(c1)CSC2. The third kappa shape index (κ3) is 0.833. The van der Waals surface area contributed by atoms with Crippen molar-refractivity contribution in [1.82, 2.24) is 4.98 Å². The van der Waals surface area contributed by atoms with Gasteiger partial charge in [-0.15, -0.1) is 0 Å². The third-order valence-corrected chi connectivity index (χ3v) is 2.47.